The third kappa shape index (κ3) is 3.56. The number of fused-ring (bicyclic) bond motifs is 2. The van der Waals surface area contributed by atoms with Gasteiger partial charge in [-0.3, -0.25) is 9.97 Å². The summed E-state index contributed by atoms with van der Waals surface area (Å²) >= 11 is 0. The zero-order valence-electron chi connectivity index (χ0n) is 17.4. The molecule has 0 aromatic carbocycles. The third-order valence-corrected chi connectivity index (χ3v) is 5.91. The first-order valence-electron chi connectivity index (χ1n) is 10.8. The summed E-state index contributed by atoms with van der Waals surface area (Å²) < 4.78 is 7.79. The SMILES string of the molecule is c1cnc2c(-c3cc(Nc4cnc5ccn(CC6CCNCC6)c5n4)no3)ccnc2c1. The van der Waals surface area contributed by atoms with Gasteiger partial charge in [0.15, 0.2) is 23.0 Å². The molecule has 5 aromatic rings. The lowest BCUT2D eigenvalue weighted by atomic mass is 9.98. The van der Waals surface area contributed by atoms with Gasteiger partial charge in [-0.05, 0) is 56.1 Å². The van der Waals surface area contributed by atoms with Crippen LogP contribution in [0.4, 0.5) is 11.6 Å². The number of aromatic nitrogens is 6. The molecule has 0 amide bonds. The van der Waals surface area contributed by atoms with E-state index in [1.165, 1.54) is 12.8 Å². The van der Waals surface area contributed by atoms with Crippen LogP contribution in [-0.4, -0.2) is 42.7 Å². The van der Waals surface area contributed by atoms with E-state index in [1.807, 2.05) is 30.3 Å². The van der Waals surface area contributed by atoms with Crippen LogP contribution in [0.15, 0.2) is 59.6 Å². The normalized spacial score (nSPS) is 14.9. The van der Waals surface area contributed by atoms with Gasteiger partial charge in [-0.15, -0.1) is 0 Å². The van der Waals surface area contributed by atoms with Crippen LogP contribution < -0.4 is 10.6 Å². The average Bonchev–Trinajstić information content (AvgIpc) is 3.46. The third-order valence-electron chi connectivity index (χ3n) is 5.91. The number of anilines is 2. The summed E-state index contributed by atoms with van der Waals surface area (Å²) in [5, 5.41) is 10.8. The van der Waals surface area contributed by atoms with Crippen LogP contribution in [0.1, 0.15) is 12.8 Å². The van der Waals surface area contributed by atoms with Gasteiger partial charge in [-0.2, -0.15) is 0 Å². The Morgan fingerprint density at radius 3 is 2.91 bits per heavy atom. The van der Waals surface area contributed by atoms with Crippen molar-refractivity contribution in [3.8, 4) is 11.3 Å². The topological polar surface area (TPSA) is 107 Å². The Morgan fingerprint density at radius 2 is 1.97 bits per heavy atom. The number of nitrogens with one attached hydrogen (secondary N) is 2. The molecule has 0 atom stereocenters. The molecule has 0 spiro atoms. The smallest absolute Gasteiger partial charge is 0.175 e. The molecule has 1 aliphatic rings. The van der Waals surface area contributed by atoms with Crippen LogP contribution in [-0.2, 0) is 6.54 Å². The van der Waals surface area contributed by atoms with E-state index in [-0.39, 0.29) is 0 Å². The molecule has 6 rings (SSSR count). The molecule has 0 saturated carbocycles. The van der Waals surface area contributed by atoms with Crippen LogP contribution in [0.25, 0.3) is 33.5 Å². The predicted molar refractivity (Wildman–Crippen MR) is 121 cm³/mol. The minimum atomic E-state index is 0.561. The fourth-order valence-electron chi connectivity index (χ4n) is 4.27. The predicted octanol–water partition coefficient (Wildman–Crippen LogP) is 3.77. The number of pyridine rings is 2. The van der Waals surface area contributed by atoms with E-state index in [0.717, 1.165) is 47.4 Å². The van der Waals surface area contributed by atoms with Crippen molar-refractivity contribution in [1.29, 1.82) is 0 Å². The van der Waals surface area contributed by atoms with Crippen LogP contribution in [0.2, 0.25) is 0 Å². The lowest BCUT2D eigenvalue weighted by Crippen LogP contribution is -2.29. The lowest BCUT2D eigenvalue weighted by molar-refractivity contribution is 0.336. The number of hydrogen-bond acceptors (Lipinski definition) is 8. The van der Waals surface area contributed by atoms with E-state index < -0.39 is 0 Å². The Morgan fingerprint density at radius 1 is 1.03 bits per heavy atom. The van der Waals surface area contributed by atoms with Gasteiger partial charge in [-0.1, -0.05) is 5.16 Å². The molecule has 0 radical (unpaired) electrons. The summed E-state index contributed by atoms with van der Waals surface area (Å²) in [6.45, 7) is 3.12. The molecule has 0 bridgehead atoms. The molecule has 1 saturated heterocycles. The second-order valence-corrected chi connectivity index (χ2v) is 8.06. The van der Waals surface area contributed by atoms with Gasteiger partial charge < -0.3 is 19.7 Å². The van der Waals surface area contributed by atoms with E-state index in [4.69, 9.17) is 9.51 Å². The van der Waals surface area contributed by atoms with Crippen molar-refractivity contribution in [2.45, 2.75) is 19.4 Å². The highest BCUT2D eigenvalue weighted by Crippen LogP contribution is 2.28. The van der Waals surface area contributed by atoms with Gasteiger partial charge in [0.05, 0.1) is 17.2 Å². The molecule has 1 aliphatic heterocycles. The summed E-state index contributed by atoms with van der Waals surface area (Å²) in [4.78, 5) is 18.1. The summed E-state index contributed by atoms with van der Waals surface area (Å²) in [6, 6.07) is 9.51. The largest absolute Gasteiger partial charge is 0.354 e. The van der Waals surface area contributed by atoms with Crippen LogP contribution in [0, 0.1) is 5.92 Å². The second kappa shape index (κ2) is 8.01. The molecule has 0 aliphatic carbocycles. The van der Waals surface area contributed by atoms with E-state index >= 15 is 0 Å². The molecule has 32 heavy (non-hydrogen) atoms. The highest BCUT2D eigenvalue weighted by Gasteiger charge is 2.16. The first kappa shape index (κ1) is 18.9. The molecule has 9 nitrogen and oxygen atoms in total. The van der Waals surface area contributed by atoms with E-state index in [1.54, 1.807) is 18.6 Å². The van der Waals surface area contributed by atoms with Crippen molar-refractivity contribution in [3.05, 3.63) is 55.1 Å². The van der Waals surface area contributed by atoms with Gasteiger partial charge in [0.1, 0.15) is 5.52 Å². The average molecular weight is 426 g/mol. The van der Waals surface area contributed by atoms with Gasteiger partial charge in [0, 0.05) is 36.8 Å². The van der Waals surface area contributed by atoms with Gasteiger partial charge in [0.2, 0.25) is 0 Å². The molecular weight excluding hydrogens is 404 g/mol. The Hall–Kier alpha value is -3.85. The van der Waals surface area contributed by atoms with Gasteiger partial charge in [-0.25, -0.2) is 9.97 Å². The first-order chi connectivity index (χ1) is 15.8. The van der Waals surface area contributed by atoms with Crippen molar-refractivity contribution >= 4 is 33.8 Å². The quantitative estimate of drug-likeness (QED) is 0.437. The Labute approximate surface area is 183 Å². The summed E-state index contributed by atoms with van der Waals surface area (Å²) in [6.07, 6.45) is 9.65. The molecule has 0 unspecified atom stereocenters. The second-order valence-electron chi connectivity index (χ2n) is 8.06. The number of piperidine rings is 1. The Balaban J connectivity index is 1.26. The van der Waals surface area contributed by atoms with Crippen molar-refractivity contribution < 1.29 is 4.52 Å². The Kier molecular flexibility index (Phi) is 4.73. The molecular formula is C23H22N8O. The first-order valence-corrected chi connectivity index (χ1v) is 10.8. The van der Waals surface area contributed by atoms with Crippen molar-refractivity contribution in [3.63, 3.8) is 0 Å². The zero-order valence-corrected chi connectivity index (χ0v) is 17.4. The summed E-state index contributed by atoms with van der Waals surface area (Å²) in [7, 11) is 0. The maximum absolute atomic E-state index is 5.59. The number of hydrogen-bond donors (Lipinski definition) is 2. The minimum Gasteiger partial charge on any atom is -0.354 e. The summed E-state index contributed by atoms with van der Waals surface area (Å²) in [5.74, 6) is 2.46. The monoisotopic (exact) mass is 426 g/mol. The van der Waals surface area contributed by atoms with E-state index in [9.17, 15) is 0 Å². The molecule has 1 fully saturated rings. The van der Waals surface area contributed by atoms with Crippen molar-refractivity contribution in [2.24, 2.45) is 5.92 Å². The highest BCUT2D eigenvalue weighted by molar-refractivity contribution is 5.89. The molecule has 9 heteroatoms. The van der Waals surface area contributed by atoms with Crippen LogP contribution >= 0.6 is 0 Å². The van der Waals surface area contributed by atoms with Crippen molar-refractivity contribution in [1.82, 2.24) is 35.0 Å². The fourth-order valence-corrected chi connectivity index (χ4v) is 4.27. The number of rotatable bonds is 5. The van der Waals surface area contributed by atoms with Crippen LogP contribution in [0.5, 0.6) is 0 Å². The van der Waals surface area contributed by atoms with Crippen molar-refractivity contribution in [2.75, 3.05) is 18.4 Å². The molecule has 6 heterocycles. The zero-order chi connectivity index (χ0) is 21.3. The van der Waals surface area contributed by atoms with Crippen LogP contribution in [0.3, 0.4) is 0 Å². The Bertz CT molecular complexity index is 1380. The maximum Gasteiger partial charge on any atom is 0.175 e. The van der Waals surface area contributed by atoms with Gasteiger partial charge in [0.25, 0.3) is 0 Å². The number of nitrogens with zero attached hydrogens (tertiary/aromatic N) is 6. The van der Waals surface area contributed by atoms with E-state index in [2.05, 4.69) is 41.5 Å². The molecule has 2 N–H and O–H groups in total. The standard InChI is InChI=1S/C23H22N8O/c1-2-17-22(26-7-1)16(5-10-25-17)19-12-20(30-32-19)28-21-13-27-18-6-11-31(23(18)29-21)14-15-3-8-24-9-4-15/h1-2,5-7,10-13,15,24H,3-4,8-9,14H2,(H,28,29,30). The summed E-state index contributed by atoms with van der Waals surface area (Å²) in [5.41, 5.74) is 4.19. The maximum atomic E-state index is 5.59. The lowest BCUT2D eigenvalue weighted by Gasteiger charge is -2.23. The minimum absolute atomic E-state index is 0.561. The van der Waals surface area contributed by atoms with E-state index in [0.29, 0.717) is 23.3 Å². The highest BCUT2D eigenvalue weighted by atomic mass is 16.5. The van der Waals surface area contributed by atoms with Gasteiger partial charge >= 0.3 is 0 Å². The fraction of sp³-hybridized carbons (Fsp3) is 0.261. The molecule has 5 aromatic heterocycles. The molecule has 160 valence electrons.